The number of urea groups is 1. The van der Waals surface area contributed by atoms with Gasteiger partial charge in [-0.25, -0.2) is 4.79 Å². The largest absolute Gasteiger partial charge is 0.481 e. The lowest BCUT2D eigenvalue weighted by molar-refractivity contribution is -0.137. The first-order valence-corrected chi connectivity index (χ1v) is 6.45. The molecule has 6 nitrogen and oxygen atoms in total. The number of unbranched alkanes of at least 4 members (excludes halogenated alkanes) is 1. The van der Waals surface area contributed by atoms with Gasteiger partial charge in [0.2, 0.25) is 0 Å². The zero-order chi connectivity index (χ0) is 14.8. The number of rotatable bonds is 5. The maximum absolute atomic E-state index is 12.3. The van der Waals surface area contributed by atoms with Crippen LogP contribution in [0.3, 0.4) is 0 Å². The summed E-state index contributed by atoms with van der Waals surface area (Å²) in [7, 11) is 0. The van der Waals surface area contributed by atoms with Crippen LogP contribution in [0.1, 0.15) is 47.0 Å². The molecule has 0 aliphatic carbocycles. The minimum Gasteiger partial charge on any atom is -0.481 e. The molecule has 0 aromatic heterocycles. The lowest BCUT2D eigenvalue weighted by Gasteiger charge is -2.35. The van der Waals surface area contributed by atoms with E-state index >= 15 is 0 Å². The third-order valence-corrected chi connectivity index (χ3v) is 3.80. The summed E-state index contributed by atoms with van der Waals surface area (Å²) in [6.45, 7) is 7.70. The van der Waals surface area contributed by atoms with E-state index in [1.807, 2.05) is 20.8 Å². The van der Waals surface area contributed by atoms with E-state index in [2.05, 4.69) is 5.32 Å². The van der Waals surface area contributed by atoms with Crippen LogP contribution >= 0.6 is 0 Å². The highest BCUT2D eigenvalue weighted by Gasteiger charge is 2.54. The van der Waals surface area contributed by atoms with E-state index < -0.39 is 17.5 Å². The van der Waals surface area contributed by atoms with Gasteiger partial charge < -0.3 is 10.4 Å². The van der Waals surface area contributed by atoms with E-state index in [0.717, 1.165) is 0 Å². The Morgan fingerprint density at radius 3 is 2.32 bits per heavy atom. The third-order valence-electron chi connectivity index (χ3n) is 3.80. The van der Waals surface area contributed by atoms with Gasteiger partial charge in [-0.1, -0.05) is 20.8 Å². The standard InChI is InChI=1S/C13H22N2O4/c1-12(2,3)13(4)10(18)15(11(19)14-13)8-6-5-7-9(16)17/h5-8H2,1-4H3,(H,14,19)(H,16,17). The number of carbonyl (C=O) groups is 3. The van der Waals surface area contributed by atoms with Crippen molar-refractivity contribution >= 4 is 17.9 Å². The fraction of sp³-hybridized carbons (Fsp3) is 0.769. The number of nitrogens with one attached hydrogen (secondary N) is 1. The Morgan fingerprint density at radius 2 is 1.89 bits per heavy atom. The Morgan fingerprint density at radius 1 is 1.32 bits per heavy atom. The Kier molecular flexibility index (Phi) is 4.22. The summed E-state index contributed by atoms with van der Waals surface area (Å²) in [6.07, 6.45) is 1.02. The van der Waals surface area contributed by atoms with Crippen LogP contribution in [-0.2, 0) is 9.59 Å². The van der Waals surface area contributed by atoms with Crippen LogP contribution in [-0.4, -0.2) is 40.0 Å². The van der Waals surface area contributed by atoms with Gasteiger partial charge in [0.05, 0.1) is 0 Å². The number of carboxylic acid groups (broad SMARTS) is 1. The van der Waals surface area contributed by atoms with E-state index in [1.54, 1.807) is 6.92 Å². The normalized spacial score (nSPS) is 23.7. The van der Waals surface area contributed by atoms with Crippen LogP contribution in [0.15, 0.2) is 0 Å². The van der Waals surface area contributed by atoms with Crippen molar-refractivity contribution in [3.8, 4) is 0 Å². The monoisotopic (exact) mass is 270 g/mol. The molecular weight excluding hydrogens is 248 g/mol. The second-order valence-corrected chi connectivity index (χ2v) is 6.11. The number of nitrogens with zero attached hydrogens (tertiary/aromatic N) is 1. The molecule has 0 radical (unpaired) electrons. The minimum atomic E-state index is -0.906. The van der Waals surface area contributed by atoms with Crippen molar-refractivity contribution in [2.45, 2.75) is 52.5 Å². The average Bonchev–Trinajstić information content (AvgIpc) is 2.46. The highest BCUT2D eigenvalue weighted by molar-refractivity contribution is 6.07. The van der Waals surface area contributed by atoms with Gasteiger partial charge in [0, 0.05) is 13.0 Å². The zero-order valence-electron chi connectivity index (χ0n) is 11.9. The first-order valence-electron chi connectivity index (χ1n) is 6.45. The summed E-state index contributed by atoms with van der Waals surface area (Å²) >= 11 is 0. The van der Waals surface area contributed by atoms with E-state index in [4.69, 9.17) is 5.11 Å². The molecule has 2 N–H and O–H groups in total. The maximum Gasteiger partial charge on any atom is 0.325 e. The second-order valence-electron chi connectivity index (χ2n) is 6.11. The summed E-state index contributed by atoms with van der Waals surface area (Å²) < 4.78 is 0. The minimum absolute atomic E-state index is 0.0557. The number of aliphatic carboxylic acids is 1. The number of imide groups is 1. The summed E-state index contributed by atoms with van der Waals surface area (Å²) in [5.74, 6) is -1.10. The maximum atomic E-state index is 12.3. The fourth-order valence-electron chi connectivity index (χ4n) is 1.95. The molecule has 19 heavy (non-hydrogen) atoms. The molecule has 0 aromatic carbocycles. The Bertz CT molecular complexity index is 400. The molecule has 1 unspecified atom stereocenters. The van der Waals surface area contributed by atoms with Crippen LogP contribution < -0.4 is 5.32 Å². The molecule has 1 heterocycles. The first-order chi connectivity index (χ1) is 8.59. The van der Waals surface area contributed by atoms with E-state index in [1.165, 1.54) is 4.90 Å². The van der Waals surface area contributed by atoms with Gasteiger partial charge in [0.1, 0.15) is 5.54 Å². The summed E-state index contributed by atoms with van der Waals surface area (Å²) in [5, 5.41) is 11.3. The molecule has 1 aliphatic rings. The van der Waals surface area contributed by atoms with Crippen LogP contribution in [0.2, 0.25) is 0 Å². The van der Waals surface area contributed by atoms with E-state index in [0.29, 0.717) is 12.8 Å². The average molecular weight is 270 g/mol. The van der Waals surface area contributed by atoms with Gasteiger partial charge in [-0.15, -0.1) is 0 Å². The molecule has 1 fully saturated rings. The van der Waals surface area contributed by atoms with Gasteiger partial charge in [-0.05, 0) is 25.2 Å². The molecule has 1 rings (SSSR count). The van der Waals surface area contributed by atoms with Crippen LogP contribution in [0.4, 0.5) is 4.79 Å². The van der Waals surface area contributed by atoms with Crippen molar-refractivity contribution in [2.75, 3.05) is 6.54 Å². The van der Waals surface area contributed by atoms with Crippen molar-refractivity contribution in [3.05, 3.63) is 0 Å². The van der Waals surface area contributed by atoms with Crippen molar-refractivity contribution in [1.29, 1.82) is 0 Å². The number of hydrogen-bond donors (Lipinski definition) is 2. The molecule has 3 amide bonds. The van der Waals surface area contributed by atoms with Crippen LogP contribution in [0, 0.1) is 5.41 Å². The smallest absolute Gasteiger partial charge is 0.325 e. The third kappa shape index (κ3) is 3.05. The molecule has 1 saturated heterocycles. The van der Waals surface area contributed by atoms with Crippen molar-refractivity contribution < 1.29 is 19.5 Å². The molecular formula is C13H22N2O4. The quantitative estimate of drug-likeness (QED) is 0.587. The van der Waals surface area contributed by atoms with Crippen molar-refractivity contribution in [1.82, 2.24) is 10.2 Å². The topological polar surface area (TPSA) is 86.7 Å². The summed E-state index contributed by atoms with van der Waals surface area (Å²) in [6, 6.07) is -0.391. The van der Waals surface area contributed by atoms with Crippen LogP contribution in [0.5, 0.6) is 0 Å². The van der Waals surface area contributed by atoms with Gasteiger partial charge in [0.15, 0.2) is 0 Å². The summed E-state index contributed by atoms with van der Waals surface area (Å²) in [5.41, 5.74) is -1.29. The number of hydrogen-bond acceptors (Lipinski definition) is 3. The molecule has 1 aliphatic heterocycles. The number of carbonyl (C=O) groups excluding carboxylic acids is 2. The Balaban J connectivity index is 2.65. The van der Waals surface area contributed by atoms with E-state index in [9.17, 15) is 14.4 Å². The van der Waals surface area contributed by atoms with Crippen LogP contribution in [0.25, 0.3) is 0 Å². The molecule has 0 spiro atoms. The lowest BCUT2D eigenvalue weighted by Crippen LogP contribution is -2.54. The molecule has 108 valence electrons. The predicted molar refractivity (Wildman–Crippen MR) is 69.6 cm³/mol. The Hall–Kier alpha value is -1.59. The second kappa shape index (κ2) is 5.19. The van der Waals surface area contributed by atoms with Gasteiger partial charge in [0.25, 0.3) is 5.91 Å². The zero-order valence-corrected chi connectivity index (χ0v) is 11.9. The van der Waals surface area contributed by atoms with Gasteiger partial charge >= 0.3 is 12.0 Å². The molecule has 6 heteroatoms. The lowest BCUT2D eigenvalue weighted by atomic mass is 9.75. The van der Waals surface area contributed by atoms with Crippen molar-refractivity contribution in [2.24, 2.45) is 5.41 Å². The predicted octanol–water partition coefficient (Wildman–Crippen LogP) is 1.60. The van der Waals surface area contributed by atoms with E-state index in [-0.39, 0.29) is 24.3 Å². The number of carboxylic acids is 1. The van der Waals surface area contributed by atoms with Crippen molar-refractivity contribution in [3.63, 3.8) is 0 Å². The highest BCUT2D eigenvalue weighted by atomic mass is 16.4. The molecule has 0 bridgehead atoms. The summed E-state index contributed by atoms with van der Waals surface area (Å²) in [4.78, 5) is 35.8. The van der Waals surface area contributed by atoms with Gasteiger partial charge in [-0.3, -0.25) is 14.5 Å². The molecule has 0 aromatic rings. The van der Waals surface area contributed by atoms with Gasteiger partial charge in [-0.2, -0.15) is 0 Å². The highest BCUT2D eigenvalue weighted by Crippen LogP contribution is 2.35. The fourth-order valence-corrected chi connectivity index (χ4v) is 1.95. The Labute approximate surface area is 113 Å². The SMILES string of the molecule is CC(C)(C)C1(C)NC(=O)N(CCCCC(=O)O)C1=O. The number of amides is 3. The molecule has 0 saturated carbocycles. The molecule has 1 atom stereocenters. The first kappa shape index (κ1) is 15.5.